The van der Waals surface area contributed by atoms with Gasteiger partial charge < -0.3 is 0 Å². The van der Waals surface area contributed by atoms with Gasteiger partial charge in [0, 0.05) is 33.6 Å². The monoisotopic (exact) mass is 592 g/mol. The van der Waals surface area contributed by atoms with Crippen LogP contribution in [-0.4, -0.2) is 28.4 Å². The fourth-order valence-corrected chi connectivity index (χ4v) is 7.68. The Balaban J connectivity index is 1.14. The molecular weight excluding hydrogens is 572 g/mol. The maximum atomic E-state index is 13.3. The van der Waals surface area contributed by atoms with E-state index in [1.807, 2.05) is 24.3 Å². The van der Waals surface area contributed by atoms with Crippen molar-refractivity contribution in [1.82, 2.24) is 0 Å². The second-order valence-corrected chi connectivity index (χ2v) is 13.3. The highest BCUT2D eigenvalue weighted by Crippen LogP contribution is 2.39. The Hall–Kier alpha value is -5.06. The van der Waals surface area contributed by atoms with E-state index in [4.69, 9.17) is 0 Å². The van der Waals surface area contributed by atoms with Crippen molar-refractivity contribution in [3.05, 3.63) is 131 Å². The van der Waals surface area contributed by atoms with Crippen LogP contribution in [0.2, 0.25) is 0 Å². The third kappa shape index (κ3) is 4.11. The minimum atomic E-state index is -4.22. The number of hydrogen-bond acceptors (Lipinski definition) is 6. The van der Waals surface area contributed by atoms with Gasteiger partial charge in [-0.05, 0) is 64.7 Å². The fraction of sp³-hybridized carbons (Fsp3) is 0. The molecule has 0 radical (unpaired) electrons. The Labute approximate surface area is 241 Å². The lowest BCUT2D eigenvalue weighted by molar-refractivity contribution is 0.103. The molecule has 0 amide bonds. The second-order valence-electron chi connectivity index (χ2n) is 9.96. The van der Waals surface area contributed by atoms with E-state index < -0.39 is 20.0 Å². The molecule has 2 N–H and O–H groups in total. The number of fused-ring (bicyclic) bond motifs is 6. The Bertz CT molecular complexity index is 2070. The van der Waals surface area contributed by atoms with Gasteiger partial charge in [0.15, 0.2) is 11.6 Å². The van der Waals surface area contributed by atoms with Crippen molar-refractivity contribution < 1.29 is 26.4 Å². The van der Waals surface area contributed by atoms with Crippen LogP contribution in [0.5, 0.6) is 0 Å². The Morgan fingerprint density at radius 1 is 0.381 bits per heavy atom. The summed E-state index contributed by atoms with van der Waals surface area (Å²) < 4.78 is 57.9. The maximum absolute atomic E-state index is 13.3. The van der Waals surface area contributed by atoms with Crippen LogP contribution < -0.4 is 9.44 Å². The van der Waals surface area contributed by atoms with Gasteiger partial charge in [0.1, 0.15) is 0 Å². The first-order valence-corrected chi connectivity index (χ1v) is 15.8. The molecule has 2 aliphatic rings. The topological polar surface area (TPSA) is 126 Å². The molecule has 0 unspecified atom stereocenters. The van der Waals surface area contributed by atoms with Gasteiger partial charge in [0.05, 0.1) is 9.79 Å². The fourth-order valence-electron chi connectivity index (χ4n) is 5.42. The van der Waals surface area contributed by atoms with Crippen LogP contribution in [0.25, 0.3) is 22.3 Å². The minimum absolute atomic E-state index is 0.171. The van der Waals surface area contributed by atoms with Gasteiger partial charge >= 0.3 is 0 Å². The lowest BCUT2D eigenvalue weighted by Crippen LogP contribution is -2.16. The highest BCUT2D eigenvalue weighted by molar-refractivity contribution is 7.93. The smallest absolute Gasteiger partial charge is 0.261 e. The van der Waals surface area contributed by atoms with E-state index in [2.05, 4.69) is 9.44 Å². The summed E-state index contributed by atoms with van der Waals surface area (Å²) in [7, 11) is -8.43. The number of nitrogens with one attached hydrogen (secondary N) is 2. The van der Waals surface area contributed by atoms with E-state index in [0.29, 0.717) is 22.3 Å². The van der Waals surface area contributed by atoms with E-state index in [1.165, 1.54) is 30.3 Å². The molecule has 0 saturated carbocycles. The number of carbonyl (C=O) groups excluding carboxylic acids is 2. The molecular formula is C32H20N2O6S2. The molecule has 5 aromatic carbocycles. The molecule has 0 saturated heterocycles. The van der Waals surface area contributed by atoms with Crippen LogP contribution in [-0.2, 0) is 20.0 Å². The van der Waals surface area contributed by atoms with Gasteiger partial charge in [0.25, 0.3) is 20.0 Å². The van der Waals surface area contributed by atoms with Gasteiger partial charge in [-0.25, -0.2) is 16.8 Å². The molecule has 7 rings (SSSR count). The number of benzene rings is 5. The third-order valence-electron chi connectivity index (χ3n) is 7.38. The van der Waals surface area contributed by atoms with Crippen molar-refractivity contribution in [3.8, 4) is 22.3 Å². The average Bonchev–Trinajstić information content (AvgIpc) is 3.43. The van der Waals surface area contributed by atoms with Crippen molar-refractivity contribution in [2.24, 2.45) is 0 Å². The molecule has 2 aliphatic carbocycles. The number of sulfonamides is 2. The predicted octanol–water partition coefficient (Wildman–Crippen LogP) is 5.71. The Morgan fingerprint density at radius 2 is 0.762 bits per heavy atom. The van der Waals surface area contributed by atoms with Crippen molar-refractivity contribution in [1.29, 1.82) is 0 Å². The lowest BCUT2D eigenvalue weighted by Gasteiger charge is -2.12. The number of hydrogen-bond donors (Lipinski definition) is 2. The molecule has 8 nitrogen and oxygen atoms in total. The van der Waals surface area contributed by atoms with Gasteiger partial charge in [-0.1, -0.05) is 66.7 Å². The van der Waals surface area contributed by atoms with E-state index in [0.717, 1.165) is 28.3 Å². The Kier molecular flexibility index (Phi) is 5.69. The zero-order valence-corrected chi connectivity index (χ0v) is 23.3. The minimum Gasteiger partial charge on any atom is -0.289 e. The summed E-state index contributed by atoms with van der Waals surface area (Å²) in [6, 6.07) is 28.7. The zero-order valence-electron chi connectivity index (χ0n) is 21.7. The van der Waals surface area contributed by atoms with Gasteiger partial charge in [0.2, 0.25) is 0 Å². The molecule has 0 bridgehead atoms. The molecule has 5 aromatic rings. The zero-order chi connectivity index (χ0) is 29.2. The summed E-state index contributed by atoms with van der Waals surface area (Å²) in [6.45, 7) is 0. The molecule has 10 heteroatoms. The average molecular weight is 593 g/mol. The highest BCUT2D eigenvalue weighted by atomic mass is 32.2. The van der Waals surface area contributed by atoms with E-state index >= 15 is 0 Å². The van der Waals surface area contributed by atoms with Crippen LogP contribution >= 0.6 is 0 Å². The van der Waals surface area contributed by atoms with Gasteiger partial charge in [-0.2, -0.15) is 0 Å². The normalized spacial score (nSPS) is 13.2. The standard InChI is InChI=1S/C32H20N2O6S2/c35-31-27-10-3-1-8-23(27)25-14-12-19(16-29(25)31)33-41(37,38)21-6-5-7-22(18-21)42(39,40)34-20-13-15-26-24-9-2-4-11-28(24)32(36)30(26)17-20/h1-18,33-34H. The lowest BCUT2D eigenvalue weighted by atomic mass is 10.1. The van der Waals surface area contributed by atoms with E-state index in [1.54, 1.807) is 48.5 Å². The van der Waals surface area contributed by atoms with Gasteiger partial charge in [-0.3, -0.25) is 19.0 Å². The summed E-state index contributed by atoms with van der Waals surface area (Å²) in [5.41, 5.74) is 5.22. The summed E-state index contributed by atoms with van der Waals surface area (Å²) in [5.74, 6) is -0.393. The number of anilines is 2. The number of carbonyl (C=O) groups is 2. The third-order valence-corrected chi connectivity index (χ3v) is 10.1. The molecule has 0 aliphatic heterocycles. The summed E-state index contributed by atoms with van der Waals surface area (Å²) >= 11 is 0. The first-order valence-electron chi connectivity index (χ1n) is 12.8. The summed E-state index contributed by atoms with van der Waals surface area (Å²) in [4.78, 5) is 25.1. The van der Waals surface area contributed by atoms with Crippen LogP contribution in [0, 0.1) is 0 Å². The molecule has 0 atom stereocenters. The molecule has 42 heavy (non-hydrogen) atoms. The molecule has 0 spiro atoms. The first kappa shape index (κ1) is 25.9. The van der Waals surface area contributed by atoms with Crippen LogP contribution in [0.3, 0.4) is 0 Å². The van der Waals surface area contributed by atoms with E-state index in [-0.39, 0.29) is 32.7 Å². The van der Waals surface area contributed by atoms with Gasteiger partial charge in [-0.15, -0.1) is 0 Å². The second kappa shape index (κ2) is 9.23. The summed E-state index contributed by atoms with van der Waals surface area (Å²) in [5, 5.41) is 0. The Morgan fingerprint density at radius 3 is 1.19 bits per heavy atom. The van der Waals surface area contributed by atoms with Crippen LogP contribution in [0.15, 0.2) is 119 Å². The molecule has 0 fully saturated rings. The predicted molar refractivity (Wildman–Crippen MR) is 159 cm³/mol. The van der Waals surface area contributed by atoms with Crippen molar-refractivity contribution in [2.45, 2.75) is 9.79 Å². The van der Waals surface area contributed by atoms with Crippen LogP contribution in [0.1, 0.15) is 31.8 Å². The SMILES string of the molecule is O=C1c2ccccc2-c2ccc(NS(=O)(=O)c3cccc(S(=O)(=O)Nc4ccc5c(c4)C(=O)c4ccccc4-5)c3)cc21. The molecule has 0 heterocycles. The molecule has 0 aromatic heterocycles. The largest absolute Gasteiger partial charge is 0.289 e. The summed E-state index contributed by atoms with van der Waals surface area (Å²) in [6.07, 6.45) is 0. The highest BCUT2D eigenvalue weighted by Gasteiger charge is 2.29. The first-order chi connectivity index (χ1) is 20.1. The number of ketones is 2. The maximum Gasteiger partial charge on any atom is 0.261 e. The quantitative estimate of drug-likeness (QED) is 0.255. The van der Waals surface area contributed by atoms with Crippen molar-refractivity contribution >= 4 is 43.0 Å². The van der Waals surface area contributed by atoms with Crippen molar-refractivity contribution in [2.75, 3.05) is 9.44 Å². The van der Waals surface area contributed by atoms with Crippen molar-refractivity contribution in [3.63, 3.8) is 0 Å². The van der Waals surface area contributed by atoms with Crippen LogP contribution in [0.4, 0.5) is 11.4 Å². The molecule has 206 valence electrons. The number of rotatable bonds is 6. The van der Waals surface area contributed by atoms with E-state index in [9.17, 15) is 26.4 Å².